The predicted molar refractivity (Wildman–Crippen MR) is 118 cm³/mol. The summed E-state index contributed by atoms with van der Waals surface area (Å²) >= 11 is 0. The minimum atomic E-state index is -1.17. The third kappa shape index (κ3) is 4.02. The Morgan fingerprint density at radius 2 is 1.53 bits per heavy atom. The molecule has 2 aromatic rings. The highest BCUT2D eigenvalue weighted by atomic mass is 16.2. The Labute approximate surface area is 178 Å². The van der Waals surface area contributed by atoms with Gasteiger partial charge in [0.15, 0.2) is 5.78 Å². The molecule has 1 heterocycles. The van der Waals surface area contributed by atoms with Crippen LogP contribution in [-0.4, -0.2) is 29.2 Å². The third-order valence-corrected chi connectivity index (χ3v) is 6.15. The fourth-order valence-corrected chi connectivity index (χ4v) is 3.71. The lowest BCUT2D eigenvalue weighted by Gasteiger charge is -2.22. The number of Topliss-reactive ketones (excluding diaryl/α,β-unsaturated/α-hetero) is 1. The highest BCUT2D eigenvalue weighted by molar-refractivity contribution is 6.11. The number of nitrogens with one attached hydrogen (secondary N) is 1. The van der Waals surface area contributed by atoms with Crippen molar-refractivity contribution in [3.8, 4) is 0 Å². The molecule has 2 aromatic carbocycles. The number of carbonyl (C=O) groups is 3. The van der Waals surface area contributed by atoms with Gasteiger partial charge in [-0.1, -0.05) is 76.2 Å². The number of amides is 3. The Balaban J connectivity index is 1.76. The largest absolute Gasteiger partial charge is 0.325 e. The minimum Gasteiger partial charge on any atom is -0.319 e. The second-order valence-electron chi connectivity index (χ2n) is 8.58. The van der Waals surface area contributed by atoms with Crippen LogP contribution in [0.4, 0.5) is 4.79 Å². The maximum Gasteiger partial charge on any atom is 0.325 e. The van der Waals surface area contributed by atoms with E-state index >= 15 is 0 Å². The zero-order valence-electron chi connectivity index (χ0n) is 18.4. The summed E-state index contributed by atoms with van der Waals surface area (Å²) in [6.07, 6.45) is 1.02. The molecular weight excluding hydrogens is 376 g/mol. The summed E-state index contributed by atoms with van der Waals surface area (Å²) < 4.78 is 0. The number of hydrogen-bond acceptors (Lipinski definition) is 3. The van der Waals surface area contributed by atoms with Gasteiger partial charge in [-0.25, -0.2) is 4.79 Å². The molecule has 3 rings (SSSR count). The molecule has 0 aliphatic carbocycles. The maximum atomic E-state index is 13.1. The first-order valence-electron chi connectivity index (χ1n) is 10.5. The molecule has 5 heteroatoms. The van der Waals surface area contributed by atoms with Crippen molar-refractivity contribution in [2.24, 2.45) is 0 Å². The van der Waals surface area contributed by atoms with E-state index in [2.05, 4.69) is 33.0 Å². The van der Waals surface area contributed by atoms with Crippen LogP contribution in [0.15, 0.2) is 48.5 Å². The summed E-state index contributed by atoms with van der Waals surface area (Å²) in [4.78, 5) is 39.4. The zero-order chi connectivity index (χ0) is 22.1. The van der Waals surface area contributed by atoms with Crippen LogP contribution in [0.1, 0.15) is 79.9 Å². The summed E-state index contributed by atoms with van der Waals surface area (Å²) in [7, 11) is 0. The molecule has 2 atom stereocenters. The van der Waals surface area contributed by atoms with E-state index in [4.69, 9.17) is 0 Å². The van der Waals surface area contributed by atoms with Gasteiger partial charge in [-0.05, 0) is 41.9 Å². The van der Waals surface area contributed by atoms with Gasteiger partial charge in [-0.3, -0.25) is 14.5 Å². The average Bonchev–Trinajstić information content (AvgIpc) is 2.97. The van der Waals surface area contributed by atoms with Gasteiger partial charge in [0.25, 0.3) is 5.91 Å². The minimum absolute atomic E-state index is 0.256. The lowest BCUT2D eigenvalue weighted by atomic mass is 9.90. The van der Waals surface area contributed by atoms with Crippen LogP contribution < -0.4 is 5.32 Å². The van der Waals surface area contributed by atoms with E-state index in [0.717, 1.165) is 16.9 Å². The average molecular weight is 407 g/mol. The highest BCUT2D eigenvalue weighted by Gasteiger charge is 2.49. The molecule has 3 amide bonds. The Morgan fingerprint density at radius 1 is 0.967 bits per heavy atom. The van der Waals surface area contributed by atoms with Gasteiger partial charge in [0.2, 0.25) is 0 Å². The standard InChI is InChI=1S/C25H30N2O3/c1-6-17(4)19-7-9-20(10-8-19)22(28)15-27-23(29)25(5,26-24(27)30)21-13-11-18(12-14-21)16(2)3/h7-14,16-17H,6,15H2,1-5H3,(H,26,30)/t17-,25-/m1/s1. The van der Waals surface area contributed by atoms with E-state index in [1.54, 1.807) is 19.1 Å². The van der Waals surface area contributed by atoms with Crippen molar-refractivity contribution in [2.75, 3.05) is 6.54 Å². The van der Waals surface area contributed by atoms with Crippen molar-refractivity contribution in [3.05, 3.63) is 70.8 Å². The third-order valence-electron chi connectivity index (χ3n) is 6.15. The van der Waals surface area contributed by atoms with Gasteiger partial charge >= 0.3 is 6.03 Å². The molecule has 5 nitrogen and oxygen atoms in total. The van der Waals surface area contributed by atoms with Crippen LogP contribution >= 0.6 is 0 Å². The van der Waals surface area contributed by atoms with Gasteiger partial charge in [0, 0.05) is 5.56 Å². The number of carbonyl (C=O) groups excluding carboxylic acids is 3. The first kappa shape index (κ1) is 21.8. The van der Waals surface area contributed by atoms with Gasteiger partial charge in [-0.15, -0.1) is 0 Å². The van der Waals surface area contributed by atoms with Gasteiger partial charge in [0.05, 0.1) is 6.54 Å². The molecule has 1 N–H and O–H groups in total. The van der Waals surface area contributed by atoms with E-state index in [1.807, 2.05) is 36.4 Å². The van der Waals surface area contributed by atoms with Gasteiger partial charge in [0.1, 0.15) is 5.54 Å². The van der Waals surface area contributed by atoms with Gasteiger partial charge in [-0.2, -0.15) is 0 Å². The van der Waals surface area contributed by atoms with E-state index in [-0.39, 0.29) is 12.3 Å². The fourth-order valence-electron chi connectivity index (χ4n) is 3.71. The molecule has 0 spiro atoms. The van der Waals surface area contributed by atoms with Crippen LogP contribution in [0.5, 0.6) is 0 Å². The Hall–Kier alpha value is -2.95. The summed E-state index contributed by atoms with van der Waals surface area (Å²) in [5.41, 5.74) is 2.36. The summed E-state index contributed by atoms with van der Waals surface area (Å²) in [6.45, 7) is 9.87. The molecule has 0 unspecified atom stereocenters. The van der Waals surface area contributed by atoms with Crippen molar-refractivity contribution in [1.29, 1.82) is 0 Å². The maximum absolute atomic E-state index is 13.1. The second kappa shape index (κ2) is 8.42. The molecule has 0 radical (unpaired) electrons. The number of ketones is 1. The molecule has 1 aliphatic heterocycles. The molecule has 1 fully saturated rings. The number of benzene rings is 2. The lowest BCUT2D eigenvalue weighted by molar-refractivity contribution is -0.130. The monoisotopic (exact) mass is 406 g/mol. The van der Waals surface area contributed by atoms with Crippen LogP contribution in [-0.2, 0) is 10.3 Å². The van der Waals surface area contributed by atoms with Gasteiger partial charge < -0.3 is 5.32 Å². The number of hydrogen-bond donors (Lipinski definition) is 1. The molecule has 0 aromatic heterocycles. The zero-order valence-corrected chi connectivity index (χ0v) is 18.4. The van der Waals surface area contributed by atoms with Crippen LogP contribution in [0.25, 0.3) is 0 Å². The smallest absolute Gasteiger partial charge is 0.319 e. The van der Waals surface area contributed by atoms with Crippen LogP contribution in [0.2, 0.25) is 0 Å². The number of rotatable bonds is 7. The Morgan fingerprint density at radius 3 is 2.07 bits per heavy atom. The Bertz CT molecular complexity index is 947. The molecular formula is C25H30N2O3. The van der Waals surface area contributed by atoms with E-state index in [0.29, 0.717) is 23.0 Å². The normalized spacial score (nSPS) is 19.9. The SMILES string of the molecule is CC[C@@H](C)c1ccc(C(=O)CN2C(=O)N[C@](C)(c3ccc(C(C)C)cc3)C2=O)cc1. The van der Waals surface area contributed by atoms with Crippen LogP contribution in [0, 0.1) is 0 Å². The van der Waals surface area contributed by atoms with Crippen LogP contribution in [0.3, 0.4) is 0 Å². The van der Waals surface area contributed by atoms with Crippen molar-refractivity contribution in [2.45, 2.75) is 58.4 Å². The van der Waals surface area contributed by atoms with E-state index < -0.39 is 17.5 Å². The second-order valence-corrected chi connectivity index (χ2v) is 8.58. The molecule has 30 heavy (non-hydrogen) atoms. The number of urea groups is 1. The van der Waals surface area contributed by atoms with Crippen molar-refractivity contribution in [1.82, 2.24) is 10.2 Å². The van der Waals surface area contributed by atoms with Crippen molar-refractivity contribution < 1.29 is 14.4 Å². The summed E-state index contributed by atoms with van der Waals surface area (Å²) in [5.74, 6) is 0.132. The fraction of sp³-hybridized carbons (Fsp3) is 0.400. The molecule has 0 bridgehead atoms. The molecule has 158 valence electrons. The quantitative estimate of drug-likeness (QED) is 0.521. The van der Waals surface area contributed by atoms with E-state index in [1.165, 1.54) is 5.56 Å². The van der Waals surface area contributed by atoms with Crippen molar-refractivity contribution in [3.63, 3.8) is 0 Å². The van der Waals surface area contributed by atoms with Crippen molar-refractivity contribution >= 4 is 17.7 Å². The van der Waals surface area contributed by atoms with E-state index in [9.17, 15) is 14.4 Å². The Kier molecular flexibility index (Phi) is 6.11. The molecule has 1 aliphatic rings. The lowest BCUT2D eigenvalue weighted by Crippen LogP contribution is -2.41. The number of nitrogens with zero attached hydrogens (tertiary/aromatic N) is 1. The topological polar surface area (TPSA) is 66.5 Å². The molecule has 0 saturated carbocycles. The predicted octanol–water partition coefficient (Wildman–Crippen LogP) is 4.97. The number of imide groups is 1. The highest BCUT2D eigenvalue weighted by Crippen LogP contribution is 2.30. The first-order valence-corrected chi connectivity index (χ1v) is 10.5. The summed E-state index contributed by atoms with van der Waals surface area (Å²) in [5, 5.41) is 2.77. The first-order chi connectivity index (χ1) is 14.2. The molecule has 1 saturated heterocycles. The summed E-state index contributed by atoms with van der Waals surface area (Å²) in [6, 6.07) is 14.5.